The zero-order chi connectivity index (χ0) is 24.9. The molecule has 4 aromatic heterocycles. The van der Waals surface area contributed by atoms with Gasteiger partial charge in [-0.2, -0.15) is 5.10 Å². The van der Waals surface area contributed by atoms with Gasteiger partial charge < -0.3 is 15.2 Å². The first-order valence-corrected chi connectivity index (χ1v) is 12.7. The van der Waals surface area contributed by atoms with Crippen molar-refractivity contribution in [3.8, 4) is 22.6 Å². The molecule has 0 radical (unpaired) electrons. The summed E-state index contributed by atoms with van der Waals surface area (Å²) < 4.78 is 15.2. The van der Waals surface area contributed by atoms with Gasteiger partial charge in [-0.25, -0.2) is 14.4 Å². The van der Waals surface area contributed by atoms with Gasteiger partial charge in [-0.3, -0.25) is 14.9 Å². The smallest absolute Gasteiger partial charge is 0.227 e. The van der Waals surface area contributed by atoms with Crippen molar-refractivity contribution in [2.45, 2.75) is 32.1 Å². The van der Waals surface area contributed by atoms with Crippen LogP contribution in [-0.4, -0.2) is 49.1 Å². The van der Waals surface area contributed by atoms with Crippen LogP contribution in [-0.2, 0) is 4.79 Å². The minimum atomic E-state index is -0.450. The van der Waals surface area contributed by atoms with Gasteiger partial charge in [0.1, 0.15) is 16.7 Å². The summed E-state index contributed by atoms with van der Waals surface area (Å²) in [6.07, 6.45) is 10.4. The number of H-pyrrole nitrogens is 2. The van der Waals surface area contributed by atoms with Crippen molar-refractivity contribution in [3.63, 3.8) is 0 Å². The van der Waals surface area contributed by atoms with E-state index in [0.717, 1.165) is 55.6 Å². The van der Waals surface area contributed by atoms with Crippen LogP contribution in [0.1, 0.15) is 32.1 Å². The first-order valence-electron chi connectivity index (χ1n) is 12.7. The molecule has 5 heterocycles. The largest absolute Gasteiger partial charge is 0.355 e. The number of hydrogen-bond donors (Lipinski definition) is 3. The summed E-state index contributed by atoms with van der Waals surface area (Å²) in [6.45, 7) is 1.92. The number of piperidine rings is 1. The number of aromatic amines is 2. The molecule has 37 heavy (non-hydrogen) atoms. The number of benzene rings is 1. The predicted octanol–water partition coefficient (Wildman–Crippen LogP) is 5.04. The van der Waals surface area contributed by atoms with Crippen LogP contribution in [0.2, 0.25) is 0 Å². The predicted molar refractivity (Wildman–Crippen MR) is 140 cm³/mol. The number of fused-ring (bicyclic) bond motifs is 2. The fourth-order valence-electron chi connectivity index (χ4n) is 5.06. The standard InChI is InChI=1S/C27H25FN8O/c28-20-12-16(17-10-18(14-29-13-17)31-27(37)15-4-5-15)11-19-22(20)34-35-23(19)25-32-21-6-7-30-26(24(21)33-25)36-8-2-1-3-9-36/h6-7,10-15H,1-5,8-9H2,(H,31,37)(H,32,33)(H,34,35). The monoisotopic (exact) mass is 496 g/mol. The maximum absolute atomic E-state index is 15.2. The number of pyridine rings is 2. The average Bonchev–Trinajstić information content (AvgIpc) is 3.55. The lowest BCUT2D eigenvalue weighted by Gasteiger charge is -2.27. The third-order valence-electron chi connectivity index (χ3n) is 7.17. The molecule has 7 rings (SSSR count). The molecule has 0 spiro atoms. The Bertz CT molecular complexity index is 1650. The Morgan fingerprint density at radius 2 is 1.92 bits per heavy atom. The fraction of sp³-hybridized carbons (Fsp3) is 0.296. The maximum Gasteiger partial charge on any atom is 0.227 e. The number of anilines is 2. The lowest BCUT2D eigenvalue weighted by molar-refractivity contribution is -0.117. The number of carbonyl (C=O) groups excluding carboxylic acids is 1. The summed E-state index contributed by atoms with van der Waals surface area (Å²) in [5, 5.41) is 10.7. The SMILES string of the molecule is O=C(Nc1cncc(-c2cc(F)c3n[nH]c(-c4nc5c(N6CCCCC6)nccc5[nH]4)c3c2)c1)C1CC1. The Hall–Kier alpha value is -4.34. The molecule has 10 heteroatoms. The number of rotatable bonds is 5. The van der Waals surface area contributed by atoms with Crippen LogP contribution in [0.25, 0.3) is 44.6 Å². The van der Waals surface area contributed by atoms with Crippen molar-refractivity contribution >= 4 is 39.3 Å². The summed E-state index contributed by atoms with van der Waals surface area (Å²) in [5.74, 6) is 1.07. The number of halogens is 1. The molecule has 0 atom stereocenters. The van der Waals surface area contributed by atoms with Crippen molar-refractivity contribution in [2.75, 3.05) is 23.3 Å². The van der Waals surface area contributed by atoms with Gasteiger partial charge in [0.15, 0.2) is 17.5 Å². The first-order chi connectivity index (χ1) is 18.1. The summed E-state index contributed by atoms with van der Waals surface area (Å²) >= 11 is 0. The molecule has 2 fully saturated rings. The van der Waals surface area contributed by atoms with Crippen LogP contribution in [0.3, 0.4) is 0 Å². The average molecular weight is 497 g/mol. The number of nitrogens with zero attached hydrogens (tertiary/aromatic N) is 5. The molecule has 3 N–H and O–H groups in total. The maximum atomic E-state index is 15.2. The van der Waals surface area contributed by atoms with Crippen LogP contribution < -0.4 is 10.2 Å². The Morgan fingerprint density at radius 3 is 2.76 bits per heavy atom. The highest BCUT2D eigenvalue weighted by Crippen LogP contribution is 2.35. The quantitative estimate of drug-likeness (QED) is 0.314. The van der Waals surface area contributed by atoms with Crippen molar-refractivity contribution in [2.24, 2.45) is 5.92 Å². The number of aromatic nitrogens is 6. The van der Waals surface area contributed by atoms with E-state index in [1.807, 2.05) is 18.2 Å². The third kappa shape index (κ3) is 3.98. The minimum Gasteiger partial charge on any atom is -0.355 e. The van der Waals surface area contributed by atoms with E-state index in [4.69, 9.17) is 4.98 Å². The van der Waals surface area contributed by atoms with Crippen LogP contribution in [0.4, 0.5) is 15.9 Å². The molecule has 0 bridgehead atoms. The fourth-order valence-corrected chi connectivity index (χ4v) is 5.06. The number of hydrogen-bond acceptors (Lipinski definition) is 6. The van der Waals surface area contributed by atoms with Gasteiger partial charge in [0.25, 0.3) is 0 Å². The van der Waals surface area contributed by atoms with E-state index >= 15 is 4.39 Å². The van der Waals surface area contributed by atoms with Crippen molar-refractivity contribution in [3.05, 3.63) is 48.7 Å². The first kappa shape index (κ1) is 21.9. The molecule has 2 aliphatic rings. The molecule has 186 valence electrons. The van der Waals surface area contributed by atoms with Gasteiger partial charge >= 0.3 is 0 Å². The molecule has 1 amide bonds. The molecule has 1 saturated heterocycles. The lowest BCUT2D eigenvalue weighted by atomic mass is 10.0. The second kappa shape index (κ2) is 8.65. The van der Waals surface area contributed by atoms with Crippen LogP contribution in [0.5, 0.6) is 0 Å². The topological polar surface area (TPSA) is 115 Å². The number of amides is 1. The van der Waals surface area contributed by atoms with Gasteiger partial charge in [-0.15, -0.1) is 0 Å². The lowest BCUT2D eigenvalue weighted by Crippen LogP contribution is -2.30. The number of nitrogens with one attached hydrogen (secondary N) is 3. The summed E-state index contributed by atoms with van der Waals surface area (Å²) in [5.41, 5.74) is 4.42. The van der Waals surface area contributed by atoms with E-state index < -0.39 is 5.82 Å². The second-order valence-corrected chi connectivity index (χ2v) is 9.84. The Balaban J connectivity index is 1.28. The van der Waals surface area contributed by atoms with E-state index in [2.05, 4.69) is 35.4 Å². The Morgan fingerprint density at radius 1 is 1.05 bits per heavy atom. The number of carbonyl (C=O) groups is 1. The van der Waals surface area contributed by atoms with Gasteiger partial charge in [-0.1, -0.05) is 0 Å². The second-order valence-electron chi connectivity index (χ2n) is 9.84. The molecular weight excluding hydrogens is 471 g/mol. The molecule has 5 aromatic rings. The Kier molecular flexibility index (Phi) is 5.12. The van der Waals surface area contributed by atoms with E-state index in [-0.39, 0.29) is 17.3 Å². The third-order valence-corrected chi connectivity index (χ3v) is 7.17. The summed E-state index contributed by atoms with van der Waals surface area (Å²) in [7, 11) is 0. The minimum absolute atomic E-state index is 0.000927. The zero-order valence-electron chi connectivity index (χ0n) is 20.1. The van der Waals surface area contributed by atoms with E-state index in [9.17, 15) is 4.79 Å². The normalized spacial score (nSPS) is 16.0. The van der Waals surface area contributed by atoms with Gasteiger partial charge in [-0.05, 0) is 61.9 Å². The van der Waals surface area contributed by atoms with Gasteiger partial charge in [0.2, 0.25) is 5.91 Å². The highest BCUT2D eigenvalue weighted by atomic mass is 19.1. The van der Waals surface area contributed by atoms with Crippen LogP contribution >= 0.6 is 0 Å². The highest BCUT2D eigenvalue weighted by molar-refractivity contribution is 5.98. The van der Waals surface area contributed by atoms with Crippen LogP contribution in [0.15, 0.2) is 42.9 Å². The van der Waals surface area contributed by atoms with E-state index in [1.165, 1.54) is 12.5 Å². The zero-order valence-corrected chi connectivity index (χ0v) is 20.1. The molecule has 9 nitrogen and oxygen atoms in total. The van der Waals surface area contributed by atoms with Gasteiger partial charge in [0.05, 0.1) is 17.4 Å². The molecule has 1 aliphatic heterocycles. The van der Waals surface area contributed by atoms with Crippen LogP contribution in [0, 0.1) is 11.7 Å². The molecular formula is C27H25FN8O. The molecule has 1 aromatic carbocycles. The number of imidazole rings is 1. The van der Waals surface area contributed by atoms with Gasteiger partial charge in [0, 0.05) is 42.4 Å². The molecule has 1 aliphatic carbocycles. The highest BCUT2D eigenvalue weighted by Gasteiger charge is 2.29. The van der Waals surface area contributed by atoms with Crippen molar-refractivity contribution in [1.82, 2.24) is 30.1 Å². The van der Waals surface area contributed by atoms with E-state index in [0.29, 0.717) is 33.7 Å². The summed E-state index contributed by atoms with van der Waals surface area (Å²) in [6, 6.07) is 7.02. The molecule has 0 unspecified atom stereocenters. The molecule has 1 saturated carbocycles. The van der Waals surface area contributed by atoms with Crippen molar-refractivity contribution < 1.29 is 9.18 Å². The van der Waals surface area contributed by atoms with Crippen molar-refractivity contribution in [1.29, 1.82) is 0 Å². The Labute approximate surface area is 211 Å². The summed E-state index contributed by atoms with van der Waals surface area (Å²) in [4.78, 5) is 31.6. The van der Waals surface area contributed by atoms with E-state index in [1.54, 1.807) is 18.6 Å².